The van der Waals surface area contributed by atoms with E-state index in [1.807, 2.05) is 11.3 Å². The molecule has 10 rings (SSSR count). The topological polar surface area (TPSA) is 3.24 Å². The minimum Gasteiger partial charge on any atom is -0.302 e. The molecule has 0 N–H and O–H groups in total. The number of hydrogen-bond acceptors (Lipinski definition) is 2. The molecule has 0 atom stereocenters. The SMILES string of the molecule is CC1(C)c2ccccc2-c2c(-c3cc4c(c5c3CCC5)CCC4)cc(N(c3ccc(-c4ccccc4)cc3)c3ccc(-c4ccccc4)s3)cc21. The molecule has 51 heavy (non-hydrogen) atoms. The zero-order valence-corrected chi connectivity index (χ0v) is 30.2. The van der Waals surface area contributed by atoms with Crippen LogP contribution in [0.1, 0.15) is 60.1 Å². The molecule has 0 radical (unpaired) electrons. The molecule has 0 saturated carbocycles. The lowest BCUT2D eigenvalue weighted by Crippen LogP contribution is -2.16. The molecule has 0 saturated heterocycles. The summed E-state index contributed by atoms with van der Waals surface area (Å²) in [7, 11) is 0. The van der Waals surface area contributed by atoms with Crippen molar-refractivity contribution in [2.24, 2.45) is 0 Å². The molecule has 2 heteroatoms. The Balaban J connectivity index is 1.22. The highest BCUT2D eigenvalue weighted by Gasteiger charge is 2.39. The van der Waals surface area contributed by atoms with Gasteiger partial charge in [-0.15, -0.1) is 11.3 Å². The lowest BCUT2D eigenvalue weighted by atomic mass is 9.81. The first-order chi connectivity index (χ1) is 25.0. The van der Waals surface area contributed by atoms with Crippen molar-refractivity contribution in [3.05, 3.63) is 173 Å². The van der Waals surface area contributed by atoms with Gasteiger partial charge in [0.05, 0.1) is 0 Å². The number of rotatable bonds is 6. The Morgan fingerprint density at radius 3 is 1.96 bits per heavy atom. The van der Waals surface area contributed by atoms with E-state index >= 15 is 0 Å². The van der Waals surface area contributed by atoms with Crippen molar-refractivity contribution in [1.29, 1.82) is 0 Å². The summed E-state index contributed by atoms with van der Waals surface area (Å²) in [5.74, 6) is 0. The summed E-state index contributed by atoms with van der Waals surface area (Å²) in [6, 6.07) is 52.1. The highest BCUT2D eigenvalue weighted by Crippen LogP contribution is 2.56. The lowest BCUT2D eigenvalue weighted by Gasteiger charge is -2.29. The summed E-state index contributed by atoms with van der Waals surface area (Å²) in [6.07, 6.45) is 7.41. The molecule has 1 aromatic heterocycles. The van der Waals surface area contributed by atoms with Crippen LogP contribution in [0, 0.1) is 0 Å². The molecule has 0 unspecified atom stereocenters. The van der Waals surface area contributed by atoms with Gasteiger partial charge >= 0.3 is 0 Å². The van der Waals surface area contributed by atoms with E-state index in [0.29, 0.717) is 0 Å². The Hall–Kier alpha value is -5.18. The first kappa shape index (κ1) is 30.6. The van der Waals surface area contributed by atoms with Gasteiger partial charge in [-0.1, -0.05) is 117 Å². The Morgan fingerprint density at radius 2 is 1.16 bits per heavy atom. The number of aryl methyl sites for hydroxylation is 1. The third kappa shape index (κ3) is 4.95. The maximum atomic E-state index is 2.61. The van der Waals surface area contributed by atoms with E-state index in [2.05, 4.69) is 158 Å². The standard InChI is InChI=1S/C49H41NS/c1-49(2)44-22-10-9-18-41(44)48-43(42-29-35-17-11-19-38(35)39-20-12-21-40(39)42)30-37(31-45(48)49)50(47-28-27-46(51-47)34-15-7-4-8-16-34)36-25-23-33(24-26-36)32-13-5-3-6-14-32/h3-10,13-16,18,22-31H,11-12,17,19-21H2,1-2H3. The molecule has 0 fully saturated rings. The summed E-state index contributed by atoms with van der Waals surface area (Å²) in [4.78, 5) is 3.80. The Morgan fingerprint density at radius 1 is 0.490 bits per heavy atom. The number of fused-ring (bicyclic) bond motifs is 6. The number of anilines is 3. The van der Waals surface area contributed by atoms with Crippen LogP contribution in [0.4, 0.5) is 16.4 Å². The summed E-state index contributed by atoms with van der Waals surface area (Å²) in [5, 5.41) is 1.22. The number of thiophene rings is 1. The minimum absolute atomic E-state index is 0.121. The second kappa shape index (κ2) is 12.0. The second-order valence-electron chi connectivity index (χ2n) is 15.1. The number of nitrogens with zero attached hydrogens (tertiary/aromatic N) is 1. The van der Waals surface area contributed by atoms with Crippen molar-refractivity contribution in [2.45, 2.75) is 57.8 Å². The van der Waals surface area contributed by atoms with Crippen molar-refractivity contribution >= 4 is 27.7 Å². The van der Waals surface area contributed by atoms with Gasteiger partial charge in [0.2, 0.25) is 0 Å². The van der Waals surface area contributed by atoms with Gasteiger partial charge in [-0.25, -0.2) is 0 Å². The molecule has 0 spiro atoms. The average molecular weight is 676 g/mol. The summed E-state index contributed by atoms with van der Waals surface area (Å²) in [6.45, 7) is 4.85. The van der Waals surface area contributed by atoms with Gasteiger partial charge in [0.1, 0.15) is 5.00 Å². The van der Waals surface area contributed by atoms with Crippen LogP contribution in [0.3, 0.4) is 0 Å². The normalized spacial score (nSPS) is 14.9. The van der Waals surface area contributed by atoms with Gasteiger partial charge in [0, 0.05) is 21.7 Å². The van der Waals surface area contributed by atoms with Crippen LogP contribution in [-0.4, -0.2) is 0 Å². The quantitative estimate of drug-likeness (QED) is 0.170. The maximum absolute atomic E-state index is 2.61. The number of benzene rings is 6. The second-order valence-corrected chi connectivity index (χ2v) is 16.1. The molecular formula is C49H41NS. The van der Waals surface area contributed by atoms with Gasteiger partial charge < -0.3 is 4.90 Å². The molecular weight excluding hydrogens is 635 g/mol. The third-order valence-electron chi connectivity index (χ3n) is 11.8. The largest absolute Gasteiger partial charge is 0.302 e. The summed E-state index contributed by atoms with van der Waals surface area (Å²) >= 11 is 1.87. The maximum Gasteiger partial charge on any atom is 0.101 e. The lowest BCUT2D eigenvalue weighted by molar-refractivity contribution is 0.660. The molecule has 7 aromatic rings. The highest BCUT2D eigenvalue weighted by atomic mass is 32.1. The van der Waals surface area contributed by atoms with Crippen molar-refractivity contribution < 1.29 is 0 Å². The van der Waals surface area contributed by atoms with Crippen LogP contribution in [0.5, 0.6) is 0 Å². The molecule has 6 aromatic carbocycles. The predicted octanol–water partition coefficient (Wildman–Crippen LogP) is 13.5. The van der Waals surface area contributed by atoms with Gasteiger partial charge in [0.25, 0.3) is 0 Å². The van der Waals surface area contributed by atoms with Crippen LogP contribution in [0.15, 0.2) is 140 Å². The molecule has 0 bridgehead atoms. The molecule has 248 valence electrons. The summed E-state index contributed by atoms with van der Waals surface area (Å²) < 4.78 is 0. The fourth-order valence-corrected chi connectivity index (χ4v) is 10.4. The molecule has 1 nitrogen and oxygen atoms in total. The minimum atomic E-state index is -0.121. The average Bonchev–Trinajstić information content (AvgIpc) is 3.99. The first-order valence-electron chi connectivity index (χ1n) is 18.6. The first-order valence-corrected chi connectivity index (χ1v) is 19.4. The van der Waals surface area contributed by atoms with E-state index in [1.54, 1.807) is 22.3 Å². The van der Waals surface area contributed by atoms with Crippen LogP contribution < -0.4 is 4.90 Å². The fourth-order valence-electron chi connectivity index (χ4n) is 9.33. The van der Waals surface area contributed by atoms with Crippen molar-refractivity contribution in [1.82, 2.24) is 0 Å². The van der Waals surface area contributed by atoms with Crippen LogP contribution in [-0.2, 0) is 31.1 Å². The highest BCUT2D eigenvalue weighted by molar-refractivity contribution is 7.19. The number of hydrogen-bond donors (Lipinski definition) is 0. The smallest absolute Gasteiger partial charge is 0.101 e. The zero-order chi connectivity index (χ0) is 34.1. The molecule has 1 heterocycles. The van der Waals surface area contributed by atoms with E-state index in [-0.39, 0.29) is 5.41 Å². The van der Waals surface area contributed by atoms with Crippen LogP contribution >= 0.6 is 11.3 Å². The van der Waals surface area contributed by atoms with E-state index in [4.69, 9.17) is 0 Å². The molecule has 0 amide bonds. The van der Waals surface area contributed by atoms with Crippen molar-refractivity contribution in [2.75, 3.05) is 4.90 Å². The Labute approximate surface area is 305 Å². The zero-order valence-electron chi connectivity index (χ0n) is 29.4. The molecule has 3 aliphatic carbocycles. The van der Waals surface area contributed by atoms with Gasteiger partial charge in [-0.3, -0.25) is 0 Å². The van der Waals surface area contributed by atoms with Crippen LogP contribution in [0.25, 0.3) is 43.8 Å². The summed E-state index contributed by atoms with van der Waals surface area (Å²) in [5.41, 5.74) is 21.1. The van der Waals surface area contributed by atoms with Gasteiger partial charge in [-0.2, -0.15) is 0 Å². The fraction of sp³-hybridized carbons (Fsp3) is 0.184. The van der Waals surface area contributed by atoms with E-state index in [0.717, 1.165) is 0 Å². The van der Waals surface area contributed by atoms with E-state index in [9.17, 15) is 0 Å². The Bertz CT molecular complexity index is 2430. The third-order valence-corrected chi connectivity index (χ3v) is 12.9. The van der Waals surface area contributed by atoms with Crippen LogP contribution in [0.2, 0.25) is 0 Å². The molecule has 0 aliphatic heterocycles. The van der Waals surface area contributed by atoms with Gasteiger partial charge in [0.15, 0.2) is 0 Å². The van der Waals surface area contributed by atoms with E-state index < -0.39 is 0 Å². The Kier molecular flexibility index (Phi) is 7.18. The van der Waals surface area contributed by atoms with E-state index in [1.165, 1.54) is 110 Å². The molecule has 3 aliphatic rings. The van der Waals surface area contributed by atoms with Crippen molar-refractivity contribution in [3.63, 3.8) is 0 Å². The van der Waals surface area contributed by atoms with Gasteiger partial charge in [-0.05, 0) is 147 Å². The monoisotopic (exact) mass is 675 g/mol. The predicted molar refractivity (Wildman–Crippen MR) is 217 cm³/mol. The van der Waals surface area contributed by atoms with Crippen molar-refractivity contribution in [3.8, 4) is 43.8 Å².